The highest BCUT2D eigenvalue weighted by Crippen LogP contribution is 2.17. The Kier molecular flexibility index (Phi) is 5.34. The predicted octanol–water partition coefficient (Wildman–Crippen LogP) is 0.927. The lowest BCUT2D eigenvalue weighted by Crippen LogP contribution is -2.35. The van der Waals surface area contributed by atoms with Crippen LogP contribution in [0, 0.1) is 0 Å². The lowest BCUT2D eigenvalue weighted by molar-refractivity contribution is 0.180. The minimum Gasteiger partial charge on any atom is -0.383 e. The smallest absolute Gasteiger partial charge is 0.261 e. The molecule has 0 aliphatic rings. The third-order valence-electron chi connectivity index (χ3n) is 2.19. The van der Waals surface area contributed by atoms with E-state index < -0.39 is 25.1 Å². The lowest BCUT2D eigenvalue weighted by atomic mass is 10.4. The van der Waals surface area contributed by atoms with E-state index in [0.29, 0.717) is 0 Å². The molecule has 1 atom stereocenters. The first-order valence-corrected chi connectivity index (χ1v) is 9.02. The van der Waals surface area contributed by atoms with Crippen molar-refractivity contribution < 1.29 is 21.6 Å². The summed E-state index contributed by atoms with van der Waals surface area (Å²) in [5.41, 5.74) is 0. The van der Waals surface area contributed by atoms with Crippen LogP contribution in [0.4, 0.5) is 0 Å². The molecule has 0 spiro atoms. The molecule has 0 saturated heterocycles. The van der Waals surface area contributed by atoms with Gasteiger partial charge in [-0.1, -0.05) is 0 Å². The molecular formula is C10H14ClNO5S2. The van der Waals surface area contributed by atoms with E-state index in [2.05, 4.69) is 4.72 Å². The maximum Gasteiger partial charge on any atom is 0.261 e. The van der Waals surface area contributed by atoms with Crippen LogP contribution in [-0.4, -0.2) is 36.6 Å². The van der Waals surface area contributed by atoms with E-state index in [0.717, 1.165) is 12.1 Å². The summed E-state index contributed by atoms with van der Waals surface area (Å²) in [6.07, 6.45) is 0. The maximum absolute atomic E-state index is 11.9. The van der Waals surface area contributed by atoms with Gasteiger partial charge in [0, 0.05) is 23.8 Å². The van der Waals surface area contributed by atoms with Crippen molar-refractivity contribution in [3.8, 4) is 0 Å². The van der Waals surface area contributed by atoms with Crippen molar-refractivity contribution in [1.29, 1.82) is 0 Å². The van der Waals surface area contributed by atoms with Gasteiger partial charge in [0.2, 0.25) is 10.0 Å². The zero-order chi connectivity index (χ0) is 14.7. The van der Waals surface area contributed by atoms with E-state index in [9.17, 15) is 16.8 Å². The Hall–Kier alpha value is -0.670. The lowest BCUT2D eigenvalue weighted by Gasteiger charge is -2.13. The van der Waals surface area contributed by atoms with Gasteiger partial charge >= 0.3 is 0 Å². The second kappa shape index (κ2) is 6.19. The van der Waals surface area contributed by atoms with E-state index in [1.165, 1.54) is 19.2 Å². The molecule has 9 heteroatoms. The molecule has 0 heterocycles. The standard InChI is InChI=1S/C10H14ClNO5S2/c1-8(7-17-2)12-19(15,16)10-5-3-9(4-6-10)18(11,13)14/h3-6,8,12H,7H2,1-2H3. The molecule has 1 rings (SSSR count). The Morgan fingerprint density at radius 3 is 2.05 bits per heavy atom. The molecule has 1 N–H and O–H groups in total. The summed E-state index contributed by atoms with van der Waals surface area (Å²) in [7, 11) is -0.967. The van der Waals surface area contributed by atoms with Crippen LogP contribution in [0.3, 0.4) is 0 Å². The molecule has 1 aromatic carbocycles. The van der Waals surface area contributed by atoms with Crippen LogP contribution in [-0.2, 0) is 23.8 Å². The molecule has 1 unspecified atom stereocenters. The number of hydrogen-bond acceptors (Lipinski definition) is 5. The van der Waals surface area contributed by atoms with Crippen molar-refractivity contribution in [3.63, 3.8) is 0 Å². The fourth-order valence-corrected chi connectivity index (χ4v) is 3.40. The van der Waals surface area contributed by atoms with Crippen LogP contribution in [0.15, 0.2) is 34.1 Å². The summed E-state index contributed by atoms with van der Waals surface area (Å²) < 4.78 is 53.2. The highest BCUT2D eigenvalue weighted by atomic mass is 35.7. The Labute approximate surface area is 117 Å². The molecule has 0 bridgehead atoms. The summed E-state index contributed by atoms with van der Waals surface area (Å²) in [6.45, 7) is 1.88. The Morgan fingerprint density at radius 2 is 1.63 bits per heavy atom. The van der Waals surface area contributed by atoms with Crippen molar-refractivity contribution in [2.45, 2.75) is 22.8 Å². The van der Waals surface area contributed by atoms with E-state index in [1.807, 2.05) is 0 Å². The van der Waals surface area contributed by atoms with Crippen LogP contribution >= 0.6 is 10.7 Å². The summed E-state index contributed by atoms with van der Waals surface area (Å²) >= 11 is 0. The summed E-state index contributed by atoms with van der Waals surface area (Å²) in [5, 5.41) is 0. The summed E-state index contributed by atoms with van der Waals surface area (Å²) in [4.78, 5) is -0.197. The van der Waals surface area contributed by atoms with Gasteiger partial charge in [-0.2, -0.15) is 0 Å². The molecule has 0 fully saturated rings. The molecule has 0 aliphatic heterocycles. The molecule has 108 valence electrons. The van der Waals surface area contributed by atoms with Crippen LogP contribution in [0.25, 0.3) is 0 Å². The van der Waals surface area contributed by atoms with Gasteiger partial charge in [-0.15, -0.1) is 0 Å². The van der Waals surface area contributed by atoms with E-state index in [-0.39, 0.29) is 16.4 Å². The molecule has 0 amide bonds. The van der Waals surface area contributed by atoms with Gasteiger partial charge in [0.1, 0.15) is 0 Å². The van der Waals surface area contributed by atoms with Crippen molar-refractivity contribution in [2.75, 3.05) is 13.7 Å². The fourth-order valence-electron chi connectivity index (χ4n) is 1.40. The van der Waals surface area contributed by atoms with Gasteiger partial charge in [-0.3, -0.25) is 0 Å². The quantitative estimate of drug-likeness (QED) is 0.785. The molecular weight excluding hydrogens is 314 g/mol. The van der Waals surface area contributed by atoms with E-state index >= 15 is 0 Å². The normalized spacial score (nSPS) is 14.3. The monoisotopic (exact) mass is 327 g/mol. The Bertz CT molecular complexity index is 624. The highest BCUT2D eigenvalue weighted by molar-refractivity contribution is 8.13. The van der Waals surface area contributed by atoms with Gasteiger partial charge in [-0.05, 0) is 31.2 Å². The predicted molar refractivity (Wildman–Crippen MR) is 71.1 cm³/mol. The first-order chi connectivity index (χ1) is 8.66. The van der Waals surface area contributed by atoms with Crippen molar-refractivity contribution in [3.05, 3.63) is 24.3 Å². The molecule has 0 aromatic heterocycles. The molecule has 0 radical (unpaired) electrons. The number of nitrogens with one attached hydrogen (secondary N) is 1. The number of halogens is 1. The number of sulfonamides is 1. The summed E-state index contributed by atoms with van der Waals surface area (Å²) in [6, 6.07) is 4.23. The average molecular weight is 328 g/mol. The largest absolute Gasteiger partial charge is 0.383 e. The van der Waals surface area contributed by atoms with Gasteiger partial charge in [0.05, 0.1) is 16.4 Å². The number of benzene rings is 1. The molecule has 6 nitrogen and oxygen atoms in total. The summed E-state index contributed by atoms with van der Waals surface area (Å²) in [5.74, 6) is 0. The van der Waals surface area contributed by atoms with Gasteiger partial charge in [-0.25, -0.2) is 21.6 Å². The Balaban J connectivity index is 2.97. The van der Waals surface area contributed by atoms with Crippen LogP contribution < -0.4 is 4.72 Å². The third-order valence-corrected chi connectivity index (χ3v) is 5.16. The molecule has 0 saturated carbocycles. The highest BCUT2D eigenvalue weighted by Gasteiger charge is 2.18. The fraction of sp³-hybridized carbons (Fsp3) is 0.400. The Morgan fingerprint density at radius 1 is 1.16 bits per heavy atom. The van der Waals surface area contributed by atoms with E-state index in [1.54, 1.807) is 6.92 Å². The molecule has 1 aromatic rings. The average Bonchev–Trinajstić information content (AvgIpc) is 2.27. The van der Waals surface area contributed by atoms with Gasteiger partial charge in [0.25, 0.3) is 9.05 Å². The van der Waals surface area contributed by atoms with Crippen molar-refractivity contribution in [2.24, 2.45) is 0 Å². The first kappa shape index (κ1) is 16.4. The second-order valence-corrected chi connectivity index (χ2v) is 8.17. The minimum absolute atomic E-state index is 0.0421. The van der Waals surface area contributed by atoms with Crippen molar-refractivity contribution in [1.82, 2.24) is 4.72 Å². The molecule has 19 heavy (non-hydrogen) atoms. The number of methoxy groups -OCH3 is 1. The zero-order valence-electron chi connectivity index (χ0n) is 10.3. The molecule has 0 aliphatic carbocycles. The second-order valence-electron chi connectivity index (χ2n) is 3.89. The van der Waals surface area contributed by atoms with Gasteiger partial charge in [0.15, 0.2) is 0 Å². The van der Waals surface area contributed by atoms with Gasteiger partial charge < -0.3 is 4.74 Å². The van der Waals surface area contributed by atoms with Crippen molar-refractivity contribution >= 4 is 29.8 Å². The van der Waals surface area contributed by atoms with Crippen LogP contribution in [0.5, 0.6) is 0 Å². The zero-order valence-corrected chi connectivity index (χ0v) is 12.7. The third kappa shape index (κ3) is 4.73. The first-order valence-electron chi connectivity index (χ1n) is 5.23. The number of rotatable bonds is 6. The minimum atomic E-state index is -3.86. The van der Waals surface area contributed by atoms with Crippen LogP contribution in [0.2, 0.25) is 0 Å². The topological polar surface area (TPSA) is 89.5 Å². The number of ether oxygens (including phenoxy) is 1. The number of hydrogen-bond donors (Lipinski definition) is 1. The SMILES string of the molecule is COCC(C)NS(=O)(=O)c1ccc(S(=O)(=O)Cl)cc1. The van der Waals surface area contributed by atoms with E-state index in [4.69, 9.17) is 15.4 Å². The maximum atomic E-state index is 11.9. The van der Waals surface area contributed by atoms with Crippen LogP contribution in [0.1, 0.15) is 6.92 Å².